The number of amides is 1. The Morgan fingerprint density at radius 3 is 2.52 bits per heavy atom. The van der Waals surface area contributed by atoms with Crippen LogP contribution in [0.3, 0.4) is 0 Å². The number of unbranched alkanes of at least 4 members (excludes halogenated alkanes) is 1. The van der Waals surface area contributed by atoms with E-state index in [0.717, 1.165) is 25.9 Å². The molecule has 2 atom stereocenters. The fourth-order valence-corrected chi connectivity index (χ4v) is 3.92. The van der Waals surface area contributed by atoms with E-state index in [-0.39, 0.29) is 23.8 Å². The van der Waals surface area contributed by atoms with Crippen molar-refractivity contribution in [3.8, 4) is 0 Å². The van der Waals surface area contributed by atoms with Gasteiger partial charge < -0.3 is 15.2 Å². The molecule has 5 nitrogen and oxygen atoms in total. The molecule has 5 heteroatoms. The largest absolute Gasteiger partial charge is 0.481 e. The van der Waals surface area contributed by atoms with Crippen molar-refractivity contribution in [3.05, 3.63) is 0 Å². The van der Waals surface area contributed by atoms with Crippen LogP contribution in [0.25, 0.3) is 0 Å². The first-order valence-electron chi connectivity index (χ1n) is 8.21. The highest BCUT2D eigenvalue weighted by atomic mass is 16.5. The van der Waals surface area contributed by atoms with Crippen LogP contribution in [0, 0.1) is 5.41 Å². The minimum absolute atomic E-state index is 0.0617. The Morgan fingerprint density at radius 2 is 1.90 bits per heavy atom. The van der Waals surface area contributed by atoms with E-state index in [2.05, 4.69) is 5.32 Å². The van der Waals surface area contributed by atoms with E-state index in [0.29, 0.717) is 25.4 Å². The number of carboxylic acids is 1. The summed E-state index contributed by atoms with van der Waals surface area (Å²) in [6.07, 6.45) is 7.79. The van der Waals surface area contributed by atoms with Gasteiger partial charge in [0, 0.05) is 30.9 Å². The third-order valence-electron chi connectivity index (χ3n) is 5.07. The molecular weight excluding hydrogens is 270 g/mol. The van der Waals surface area contributed by atoms with Crippen LogP contribution in [-0.2, 0) is 14.3 Å². The molecule has 2 aliphatic rings. The maximum Gasteiger partial charge on any atom is 0.303 e. The Labute approximate surface area is 126 Å². The fraction of sp³-hybridized carbons (Fsp3) is 0.875. The van der Waals surface area contributed by atoms with Gasteiger partial charge in [-0.25, -0.2) is 0 Å². The minimum Gasteiger partial charge on any atom is -0.481 e. The van der Waals surface area contributed by atoms with Crippen LogP contribution < -0.4 is 5.32 Å². The lowest BCUT2D eigenvalue weighted by Crippen LogP contribution is -2.63. The van der Waals surface area contributed by atoms with Crippen LogP contribution in [0.5, 0.6) is 0 Å². The number of ether oxygens (including phenoxy) is 1. The topological polar surface area (TPSA) is 75.6 Å². The molecule has 0 heterocycles. The SMILES string of the molecule is CCOC1CC(NC(=O)CCCCC(=O)O)C12CCCC2. The van der Waals surface area contributed by atoms with Crippen molar-refractivity contribution in [1.82, 2.24) is 5.32 Å². The van der Waals surface area contributed by atoms with Crippen molar-refractivity contribution < 1.29 is 19.4 Å². The summed E-state index contributed by atoms with van der Waals surface area (Å²) in [5.41, 5.74) is 0.173. The molecule has 2 rings (SSSR count). The van der Waals surface area contributed by atoms with Gasteiger partial charge in [0.1, 0.15) is 0 Å². The second-order valence-electron chi connectivity index (χ2n) is 6.34. The van der Waals surface area contributed by atoms with E-state index >= 15 is 0 Å². The minimum atomic E-state index is -0.793. The first-order valence-corrected chi connectivity index (χ1v) is 8.21. The number of carboxylic acid groups (broad SMARTS) is 1. The van der Waals surface area contributed by atoms with Crippen molar-refractivity contribution >= 4 is 11.9 Å². The van der Waals surface area contributed by atoms with Crippen molar-refractivity contribution in [3.63, 3.8) is 0 Å². The average molecular weight is 297 g/mol. The number of aliphatic carboxylic acids is 1. The summed E-state index contributed by atoms with van der Waals surface area (Å²) in [4.78, 5) is 22.4. The van der Waals surface area contributed by atoms with Gasteiger partial charge >= 0.3 is 5.97 Å². The molecule has 1 spiro atoms. The van der Waals surface area contributed by atoms with Gasteiger partial charge in [-0.15, -0.1) is 0 Å². The summed E-state index contributed by atoms with van der Waals surface area (Å²) in [5, 5.41) is 11.7. The van der Waals surface area contributed by atoms with Gasteiger partial charge in [0.05, 0.1) is 6.10 Å². The monoisotopic (exact) mass is 297 g/mol. The number of nitrogens with one attached hydrogen (secondary N) is 1. The Bertz CT molecular complexity index is 376. The van der Waals surface area contributed by atoms with E-state index in [9.17, 15) is 9.59 Å². The zero-order chi connectivity index (χ0) is 15.3. The van der Waals surface area contributed by atoms with Gasteiger partial charge in [0.25, 0.3) is 0 Å². The molecule has 120 valence electrons. The lowest BCUT2D eigenvalue weighted by Gasteiger charge is -2.54. The number of hydrogen-bond acceptors (Lipinski definition) is 3. The van der Waals surface area contributed by atoms with Gasteiger partial charge in [-0.3, -0.25) is 9.59 Å². The van der Waals surface area contributed by atoms with E-state index in [1.807, 2.05) is 6.92 Å². The lowest BCUT2D eigenvalue weighted by molar-refractivity contribution is -0.144. The maximum absolute atomic E-state index is 12.0. The van der Waals surface area contributed by atoms with Gasteiger partial charge in [0.15, 0.2) is 0 Å². The predicted octanol–water partition coefficient (Wildman–Crippen LogP) is 2.49. The van der Waals surface area contributed by atoms with Crippen molar-refractivity contribution in [1.29, 1.82) is 0 Å². The van der Waals surface area contributed by atoms with Crippen LogP contribution in [0.2, 0.25) is 0 Å². The number of carbonyl (C=O) groups is 2. The third-order valence-corrected chi connectivity index (χ3v) is 5.07. The molecule has 0 aliphatic heterocycles. The summed E-state index contributed by atoms with van der Waals surface area (Å²) in [6.45, 7) is 2.76. The fourth-order valence-electron chi connectivity index (χ4n) is 3.92. The van der Waals surface area contributed by atoms with E-state index in [1.54, 1.807) is 0 Å². The summed E-state index contributed by atoms with van der Waals surface area (Å²) >= 11 is 0. The highest BCUT2D eigenvalue weighted by Gasteiger charge is 2.57. The van der Waals surface area contributed by atoms with Crippen LogP contribution in [0.1, 0.15) is 64.7 Å². The Balaban J connectivity index is 1.75. The van der Waals surface area contributed by atoms with E-state index in [1.165, 1.54) is 12.8 Å². The molecule has 1 amide bonds. The summed E-state index contributed by atoms with van der Waals surface area (Å²) in [7, 11) is 0. The molecule has 0 aromatic carbocycles. The molecule has 0 aromatic heterocycles. The Kier molecular flexibility index (Phi) is 5.62. The predicted molar refractivity (Wildman–Crippen MR) is 79.0 cm³/mol. The Morgan fingerprint density at radius 1 is 1.24 bits per heavy atom. The van der Waals surface area contributed by atoms with E-state index in [4.69, 9.17) is 9.84 Å². The molecule has 2 unspecified atom stereocenters. The first-order chi connectivity index (χ1) is 10.1. The van der Waals surface area contributed by atoms with E-state index < -0.39 is 5.97 Å². The summed E-state index contributed by atoms with van der Waals surface area (Å²) in [5.74, 6) is -0.731. The quantitative estimate of drug-likeness (QED) is 0.675. The van der Waals surface area contributed by atoms with Gasteiger partial charge in [-0.1, -0.05) is 12.8 Å². The number of carbonyl (C=O) groups excluding carboxylic acids is 1. The molecule has 0 radical (unpaired) electrons. The second-order valence-corrected chi connectivity index (χ2v) is 6.34. The summed E-state index contributed by atoms with van der Waals surface area (Å²) in [6, 6.07) is 0.253. The molecule has 2 N–H and O–H groups in total. The highest BCUT2D eigenvalue weighted by molar-refractivity contribution is 5.76. The normalized spacial score (nSPS) is 26.5. The zero-order valence-corrected chi connectivity index (χ0v) is 12.9. The van der Waals surface area contributed by atoms with Crippen molar-refractivity contribution in [2.24, 2.45) is 5.41 Å². The second kappa shape index (κ2) is 7.25. The van der Waals surface area contributed by atoms with Crippen LogP contribution in [0.4, 0.5) is 0 Å². The summed E-state index contributed by atoms with van der Waals surface area (Å²) < 4.78 is 5.84. The zero-order valence-electron chi connectivity index (χ0n) is 12.9. The van der Waals surface area contributed by atoms with Crippen LogP contribution in [-0.4, -0.2) is 35.7 Å². The van der Waals surface area contributed by atoms with Gasteiger partial charge in [-0.05, 0) is 39.0 Å². The number of hydrogen-bond donors (Lipinski definition) is 2. The maximum atomic E-state index is 12.0. The first kappa shape index (κ1) is 16.3. The van der Waals surface area contributed by atoms with Crippen molar-refractivity contribution in [2.75, 3.05) is 6.61 Å². The average Bonchev–Trinajstić information content (AvgIpc) is 2.95. The molecule has 2 fully saturated rings. The van der Waals surface area contributed by atoms with Crippen LogP contribution in [0.15, 0.2) is 0 Å². The molecular formula is C16H27NO4. The third kappa shape index (κ3) is 3.76. The molecule has 0 bridgehead atoms. The molecule has 0 aromatic rings. The van der Waals surface area contributed by atoms with Gasteiger partial charge in [0.2, 0.25) is 5.91 Å². The smallest absolute Gasteiger partial charge is 0.303 e. The van der Waals surface area contributed by atoms with Crippen molar-refractivity contribution in [2.45, 2.75) is 76.9 Å². The highest BCUT2D eigenvalue weighted by Crippen LogP contribution is 2.54. The molecule has 0 saturated heterocycles. The molecule has 2 saturated carbocycles. The number of rotatable bonds is 8. The standard InChI is InChI=1S/C16H27NO4/c1-2-21-13-11-12(16(13)9-5-6-10-16)17-14(18)7-3-4-8-15(19)20/h12-13H,2-11H2,1H3,(H,17,18)(H,19,20). The molecule has 2 aliphatic carbocycles. The van der Waals surface area contributed by atoms with Crippen LogP contribution >= 0.6 is 0 Å². The Hall–Kier alpha value is -1.10. The van der Waals surface area contributed by atoms with Gasteiger partial charge in [-0.2, -0.15) is 0 Å². The molecule has 21 heavy (non-hydrogen) atoms. The lowest BCUT2D eigenvalue weighted by atomic mass is 9.60.